The van der Waals surface area contributed by atoms with Gasteiger partial charge in [0, 0.05) is 17.5 Å². The number of carbonyl (C=O) groups is 2. The monoisotopic (exact) mass is 370 g/mol. The second-order valence-electron chi connectivity index (χ2n) is 6.63. The zero-order valence-corrected chi connectivity index (χ0v) is 15.1. The van der Waals surface area contributed by atoms with E-state index in [2.05, 4.69) is 0 Å². The molecular formula is C24H18O4. The van der Waals surface area contributed by atoms with Crippen LogP contribution in [0.25, 0.3) is 5.76 Å². The number of fused-ring (bicyclic) bond motifs is 1. The Morgan fingerprint density at radius 3 is 2.04 bits per heavy atom. The number of ketones is 2. The summed E-state index contributed by atoms with van der Waals surface area (Å²) in [6, 6.07) is 23.8. The molecule has 1 N–H and O–H groups in total. The molecule has 0 fully saturated rings. The highest BCUT2D eigenvalue weighted by Crippen LogP contribution is 2.29. The zero-order chi connectivity index (χ0) is 19.5. The molecule has 0 saturated heterocycles. The molecule has 1 aliphatic carbocycles. The first-order chi connectivity index (χ1) is 13.6. The van der Waals surface area contributed by atoms with Gasteiger partial charge in [-0.15, -0.1) is 0 Å². The molecule has 4 nitrogen and oxygen atoms in total. The molecule has 138 valence electrons. The zero-order valence-electron chi connectivity index (χ0n) is 15.1. The van der Waals surface area contributed by atoms with E-state index in [9.17, 15) is 14.7 Å². The molecular weight excluding hydrogens is 352 g/mol. The Labute approximate surface area is 162 Å². The van der Waals surface area contributed by atoms with Crippen molar-refractivity contribution in [3.8, 4) is 5.75 Å². The molecule has 28 heavy (non-hydrogen) atoms. The molecule has 0 atom stereocenters. The van der Waals surface area contributed by atoms with Crippen LogP contribution in [0.15, 0.2) is 84.4 Å². The van der Waals surface area contributed by atoms with Crippen LogP contribution in [0.4, 0.5) is 0 Å². The van der Waals surface area contributed by atoms with E-state index in [4.69, 9.17) is 4.74 Å². The van der Waals surface area contributed by atoms with Gasteiger partial charge in [0.05, 0.1) is 5.57 Å². The summed E-state index contributed by atoms with van der Waals surface area (Å²) >= 11 is 0. The largest absolute Gasteiger partial charge is 0.507 e. The molecule has 4 heteroatoms. The summed E-state index contributed by atoms with van der Waals surface area (Å²) in [6.07, 6.45) is 0.184. The quantitative estimate of drug-likeness (QED) is 0.670. The molecule has 0 radical (unpaired) electrons. The molecule has 0 aliphatic heterocycles. The van der Waals surface area contributed by atoms with Gasteiger partial charge in [-0.3, -0.25) is 9.59 Å². The van der Waals surface area contributed by atoms with Gasteiger partial charge in [0.25, 0.3) is 0 Å². The van der Waals surface area contributed by atoms with E-state index in [0.29, 0.717) is 17.9 Å². The molecule has 1 aliphatic rings. The predicted molar refractivity (Wildman–Crippen MR) is 106 cm³/mol. The first-order valence-corrected chi connectivity index (χ1v) is 8.99. The number of aliphatic hydroxyl groups is 1. The Bertz CT molecular complexity index is 1060. The molecule has 0 saturated carbocycles. The molecule has 0 unspecified atom stereocenters. The van der Waals surface area contributed by atoms with Crippen molar-refractivity contribution in [1.82, 2.24) is 0 Å². The van der Waals surface area contributed by atoms with Crippen LogP contribution in [0, 0.1) is 0 Å². The smallest absolute Gasteiger partial charge is 0.234 e. The van der Waals surface area contributed by atoms with Gasteiger partial charge in [0.15, 0.2) is 0 Å². The highest BCUT2D eigenvalue weighted by Gasteiger charge is 2.32. The summed E-state index contributed by atoms with van der Waals surface area (Å²) in [5.41, 5.74) is 2.67. The number of carbonyl (C=O) groups excluding carboxylic acids is 2. The molecule has 0 spiro atoms. The van der Waals surface area contributed by atoms with Gasteiger partial charge in [-0.1, -0.05) is 66.7 Å². The van der Waals surface area contributed by atoms with Crippen molar-refractivity contribution in [2.75, 3.05) is 0 Å². The molecule has 0 heterocycles. The Morgan fingerprint density at radius 2 is 1.32 bits per heavy atom. The average molecular weight is 370 g/mol. The van der Waals surface area contributed by atoms with Crippen LogP contribution in [0.3, 0.4) is 0 Å². The fourth-order valence-corrected chi connectivity index (χ4v) is 3.23. The third kappa shape index (κ3) is 3.45. The molecule has 4 rings (SSSR count). The van der Waals surface area contributed by atoms with E-state index in [1.165, 1.54) is 0 Å². The Morgan fingerprint density at radius 1 is 0.679 bits per heavy atom. The molecule has 0 aromatic heterocycles. The van der Waals surface area contributed by atoms with Crippen LogP contribution in [0.2, 0.25) is 0 Å². The normalized spacial score (nSPS) is 13.4. The fourth-order valence-electron chi connectivity index (χ4n) is 3.23. The summed E-state index contributed by atoms with van der Waals surface area (Å²) in [7, 11) is 0. The first-order valence-electron chi connectivity index (χ1n) is 8.99. The van der Waals surface area contributed by atoms with Gasteiger partial charge in [0.2, 0.25) is 11.6 Å². The molecule has 3 aromatic rings. The van der Waals surface area contributed by atoms with Gasteiger partial charge in [-0.2, -0.15) is 0 Å². The van der Waals surface area contributed by atoms with Crippen molar-refractivity contribution in [1.29, 1.82) is 0 Å². The predicted octanol–water partition coefficient (Wildman–Crippen LogP) is 4.54. The number of rotatable bonds is 5. The van der Waals surface area contributed by atoms with Crippen molar-refractivity contribution < 1.29 is 19.4 Å². The minimum absolute atomic E-state index is 0.121. The van der Waals surface area contributed by atoms with E-state index >= 15 is 0 Å². The van der Waals surface area contributed by atoms with Gasteiger partial charge in [-0.05, 0) is 23.3 Å². The first kappa shape index (κ1) is 17.7. The minimum atomic E-state index is -0.652. The lowest BCUT2D eigenvalue weighted by Crippen LogP contribution is -2.25. The van der Waals surface area contributed by atoms with Crippen molar-refractivity contribution in [3.63, 3.8) is 0 Å². The lowest BCUT2D eigenvalue weighted by atomic mass is 9.86. The number of benzene rings is 3. The van der Waals surface area contributed by atoms with Crippen LogP contribution < -0.4 is 4.74 Å². The molecule has 3 aromatic carbocycles. The highest BCUT2D eigenvalue weighted by molar-refractivity contribution is 6.52. The minimum Gasteiger partial charge on any atom is -0.507 e. The maximum atomic E-state index is 12.4. The van der Waals surface area contributed by atoms with Crippen LogP contribution in [0.1, 0.15) is 27.0 Å². The van der Waals surface area contributed by atoms with Crippen LogP contribution in [-0.2, 0) is 17.8 Å². The third-order valence-corrected chi connectivity index (χ3v) is 4.75. The van der Waals surface area contributed by atoms with Crippen LogP contribution in [-0.4, -0.2) is 16.7 Å². The SMILES string of the molecule is O=C1C(=O)c2ccccc2C(O)=C1Cc1ccc(OCc2ccccc2)cc1. The van der Waals surface area contributed by atoms with E-state index in [1.807, 2.05) is 54.6 Å². The van der Waals surface area contributed by atoms with Crippen LogP contribution >= 0.6 is 0 Å². The summed E-state index contributed by atoms with van der Waals surface area (Å²) in [5.74, 6) is -0.640. The lowest BCUT2D eigenvalue weighted by molar-refractivity contribution is -0.112. The van der Waals surface area contributed by atoms with E-state index in [-0.39, 0.29) is 23.3 Å². The standard InChI is InChI=1S/C24H18O4/c25-22-19-8-4-5-9-20(19)23(26)24(27)21(22)14-16-10-12-18(13-11-16)28-15-17-6-2-1-3-7-17/h1-13,25H,14-15H2. The second-order valence-corrected chi connectivity index (χ2v) is 6.63. The lowest BCUT2D eigenvalue weighted by Gasteiger charge is -2.17. The average Bonchev–Trinajstić information content (AvgIpc) is 2.75. The van der Waals surface area contributed by atoms with E-state index in [0.717, 1.165) is 11.1 Å². The fraction of sp³-hybridized carbons (Fsp3) is 0.0833. The second kappa shape index (κ2) is 7.53. The summed E-state index contributed by atoms with van der Waals surface area (Å²) < 4.78 is 5.76. The summed E-state index contributed by atoms with van der Waals surface area (Å²) in [4.78, 5) is 24.8. The van der Waals surface area contributed by atoms with Crippen LogP contribution in [0.5, 0.6) is 5.75 Å². The van der Waals surface area contributed by atoms with Gasteiger partial charge < -0.3 is 9.84 Å². The highest BCUT2D eigenvalue weighted by atomic mass is 16.5. The number of hydrogen-bond acceptors (Lipinski definition) is 4. The van der Waals surface area contributed by atoms with Crippen molar-refractivity contribution >= 4 is 17.3 Å². The Kier molecular flexibility index (Phi) is 4.77. The van der Waals surface area contributed by atoms with Gasteiger partial charge in [0.1, 0.15) is 18.1 Å². The molecule has 0 bridgehead atoms. The Hall–Kier alpha value is -3.66. The van der Waals surface area contributed by atoms with Crippen molar-refractivity contribution in [2.24, 2.45) is 0 Å². The number of hydrogen-bond donors (Lipinski definition) is 1. The van der Waals surface area contributed by atoms with Crippen molar-refractivity contribution in [3.05, 3.63) is 107 Å². The maximum Gasteiger partial charge on any atom is 0.234 e. The number of aliphatic hydroxyl groups excluding tert-OH is 1. The molecule has 0 amide bonds. The van der Waals surface area contributed by atoms with Crippen molar-refractivity contribution in [2.45, 2.75) is 13.0 Å². The topological polar surface area (TPSA) is 63.6 Å². The summed E-state index contributed by atoms with van der Waals surface area (Å²) in [6.45, 7) is 0.468. The van der Waals surface area contributed by atoms with E-state index in [1.54, 1.807) is 24.3 Å². The number of allylic oxidation sites excluding steroid dienone is 1. The third-order valence-electron chi connectivity index (χ3n) is 4.75. The number of Topliss-reactive ketones (excluding diaryl/α,β-unsaturated/α-hetero) is 2. The van der Waals surface area contributed by atoms with Gasteiger partial charge >= 0.3 is 0 Å². The maximum absolute atomic E-state index is 12.4. The number of ether oxygens (including phenoxy) is 1. The van der Waals surface area contributed by atoms with Gasteiger partial charge in [-0.25, -0.2) is 0 Å². The van der Waals surface area contributed by atoms with E-state index < -0.39 is 11.6 Å². The summed E-state index contributed by atoms with van der Waals surface area (Å²) in [5, 5.41) is 10.5. The Balaban J connectivity index is 1.51.